The highest BCUT2D eigenvalue weighted by Gasteiger charge is 2.25. The number of piperidine rings is 1. The number of likely N-dealkylation sites (N-methyl/N-ethyl adjacent to an activating group) is 1. The van der Waals surface area contributed by atoms with E-state index in [4.69, 9.17) is 5.26 Å². The van der Waals surface area contributed by atoms with Gasteiger partial charge in [-0.1, -0.05) is 24.8 Å². The van der Waals surface area contributed by atoms with Gasteiger partial charge in [0, 0.05) is 49.9 Å². The number of aryl methyl sites for hydroxylation is 2. The molecule has 2 heterocycles. The molecule has 0 aliphatic carbocycles. The highest BCUT2D eigenvalue weighted by molar-refractivity contribution is 5.66. The number of aliphatic imine (C=N–C) groups is 1. The lowest BCUT2D eigenvalue weighted by atomic mass is 9.88. The molecule has 5 heteroatoms. The first-order valence-corrected chi connectivity index (χ1v) is 13.0. The van der Waals surface area contributed by atoms with Crippen LogP contribution in [0.2, 0.25) is 0 Å². The van der Waals surface area contributed by atoms with Crippen molar-refractivity contribution in [1.29, 1.82) is 5.26 Å². The van der Waals surface area contributed by atoms with Crippen LogP contribution in [0.5, 0.6) is 0 Å². The largest absolute Gasteiger partial charge is 0.382 e. The highest BCUT2D eigenvalue weighted by atomic mass is 15.2. The minimum absolute atomic E-state index is 0.303. The fourth-order valence-electron chi connectivity index (χ4n) is 5.56. The van der Waals surface area contributed by atoms with Crippen LogP contribution in [0.1, 0.15) is 65.5 Å². The third-order valence-corrected chi connectivity index (χ3v) is 8.13. The van der Waals surface area contributed by atoms with E-state index in [0.29, 0.717) is 12.0 Å². The maximum absolute atomic E-state index is 9.07. The fraction of sp³-hybridized carbons (Fsp3) is 0.419. The molecule has 2 aliphatic heterocycles. The number of likely N-dealkylation sites (tertiary alicyclic amines) is 1. The number of rotatable bonds is 7. The van der Waals surface area contributed by atoms with Gasteiger partial charge in [-0.25, -0.2) is 0 Å². The summed E-state index contributed by atoms with van der Waals surface area (Å²) < 4.78 is 0. The molecular formula is C31H39N5. The van der Waals surface area contributed by atoms with Crippen molar-refractivity contribution < 1.29 is 0 Å². The Balaban J connectivity index is 1.45. The number of nitrogens with one attached hydrogen (secondary N) is 1. The Labute approximate surface area is 216 Å². The number of hydrogen-bond acceptors (Lipinski definition) is 5. The molecule has 1 atom stereocenters. The molecule has 188 valence electrons. The summed E-state index contributed by atoms with van der Waals surface area (Å²) in [5.74, 6) is 0.539. The zero-order valence-corrected chi connectivity index (χ0v) is 22.3. The maximum atomic E-state index is 9.07. The van der Waals surface area contributed by atoms with Gasteiger partial charge in [-0.2, -0.15) is 5.26 Å². The molecule has 2 aromatic carbocycles. The van der Waals surface area contributed by atoms with Crippen molar-refractivity contribution in [3.05, 3.63) is 87.8 Å². The average Bonchev–Trinajstić information content (AvgIpc) is 2.90. The Morgan fingerprint density at radius 3 is 2.44 bits per heavy atom. The molecule has 2 aliphatic rings. The van der Waals surface area contributed by atoms with Crippen LogP contribution in [0.15, 0.2) is 59.4 Å². The number of nitrogens with zero attached hydrogens (tertiary/aromatic N) is 4. The number of nitriles is 1. The van der Waals surface area contributed by atoms with Crippen LogP contribution >= 0.6 is 0 Å². The quantitative estimate of drug-likeness (QED) is 0.512. The Bertz CT molecular complexity index is 1190. The predicted molar refractivity (Wildman–Crippen MR) is 150 cm³/mol. The van der Waals surface area contributed by atoms with Crippen LogP contribution in [-0.2, 0) is 6.54 Å². The summed E-state index contributed by atoms with van der Waals surface area (Å²) >= 11 is 0. The van der Waals surface area contributed by atoms with E-state index in [0.717, 1.165) is 62.4 Å². The summed E-state index contributed by atoms with van der Waals surface area (Å²) in [5.41, 5.74) is 10.5. The van der Waals surface area contributed by atoms with Gasteiger partial charge >= 0.3 is 0 Å². The molecule has 4 rings (SSSR count). The van der Waals surface area contributed by atoms with Gasteiger partial charge in [-0.15, -0.1) is 0 Å². The third-order valence-electron chi connectivity index (χ3n) is 8.13. The Hall–Kier alpha value is -3.36. The van der Waals surface area contributed by atoms with E-state index in [-0.39, 0.29) is 0 Å². The molecule has 1 unspecified atom stereocenters. The van der Waals surface area contributed by atoms with Crippen molar-refractivity contribution in [1.82, 2.24) is 15.1 Å². The smallest absolute Gasteiger partial charge is 0.0991 e. The van der Waals surface area contributed by atoms with E-state index < -0.39 is 0 Å². The maximum Gasteiger partial charge on any atom is 0.0991 e. The summed E-state index contributed by atoms with van der Waals surface area (Å²) in [6.45, 7) is 18.7. The number of benzene rings is 2. The van der Waals surface area contributed by atoms with E-state index in [1.165, 1.54) is 33.5 Å². The fourth-order valence-corrected chi connectivity index (χ4v) is 5.56. The van der Waals surface area contributed by atoms with Gasteiger partial charge in [0.1, 0.15) is 0 Å². The lowest BCUT2D eigenvalue weighted by Gasteiger charge is -2.36. The molecule has 1 N–H and O–H groups in total. The van der Waals surface area contributed by atoms with Gasteiger partial charge in [-0.3, -0.25) is 9.89 Å². The molecule has 0 amide bonds. The van der Waals surface area contributed by atoms with Crippen molar-refractivity contribution >= 4 is 12.4 Å². The Morgan fingerprint density at radius 1 is 1.11 bits per heavy atom. The summed E-state index contributed by atoms with van der Waals surface area (Å²) in [4.78, 5) is 9.11. The molecule has 0 aromatic heterocycles. The second-order valence-corrected chi connectivity index (χ2v) is 10.3. The normalized spacial score (nSPS) is 19.2. The zero-order valence-electron chi connectivity index (χ0n) is 22.3. The first-order chi connectivity index (χ1) is 17.3. The summed E-state index contributed by atoms with van der Waals surface area (Å²) in [6.07, 6.45) is 3.13. The lowest BCUT2D eigenvalue weighted by molar-refractivity contribution is 0.261. The third kappa shape index (κ3) is 5.39. The summed E-state index contributed by atoms with van der Waals surface area (Å²) in [7, 11) is 2.16. The summed E-state index contributed by atoms with van der Waals surface area (Å²) in [6, 6.07) is 15.2. The molecule has 1 saturated heterocycles. The van der Waals surface area contributed by atoms with Gasteiger partial charge in [-0.05, 0) is 93.7 Å². The second kappa shape index (κ2) is 11.1. The first kappa shape index (κ1) is 25.7. The molecule has 5 nitrogen and oxygen atoms in total. The molecule has 0 bridgehead atoms. The molecule has 1 fully saturated rings. The molecular weight excluding hydrogens is 442 g/mol. The second-order valence-electron chi connectivity index (χ2n) is 10.3. The van der Waals surface area contributed by atoms with Crippen molar-refractivity contribution in [2.75, 3.05) is 26.7 Å². The van der Waals surface area contributed by atoms with Gasteiger partial charge in [0.25, 0.3) is 0 Å². The van der Waals surface area contributed by atoms with Crippen molar-refractivity contribution in [3.63, 3.8) is 0 Å². The molecule has 0 radical (unpaired) electrons. The van der Waals surface area contributed by atoms with Crippen LogP contribution in [0.4, 0.5) is 0 Å². The Morgan fingerprint density at radius 2 is 1.81 bits per heavy atom. The standard InChI is InChI=1S/C31H39N5/c1-21-17-22(2)29(18-28(21)20-34-31-24(4)35(6)14-13-30(31)33-5)23(3)36-15-11-27(12-16-36)26-9-7-25(19-32)8-10-26/h7-10,17-18,24,27,34H,3,5,11-16,20H2,1-2,4,6H3. The minimum atomic E-state index is 0.303. The van der Waals surface area contributed by atoms with E-state index in [9.17, 15) is 0 Å². The van der Waals surface area contributed by atoms with Gasteiger partial charge in [0.2, 0.25) is 0 Å². The van der Waals surface area contributed by atoms with Crippen LogP contribution in [0, 0.1) is 25.2 Å². The topological polar surface area (TPSA) is 54.7 Å². The van der Waals surface area contributed by atoms with E-state index >= 15 is 0 Å². The minimum Gasteiger partial charge on any atom is -0.382 e. The molecule has 2 aromatic rings. The van der Waals surface area contributed by atoms with Crippen molar-refractivity contribution in [3.8, 4) is 6.07 Å². The predicted octanol–water partition coefficient (Wildman–Crippen LogP) is 5.75. The molecule has 0 saturated carbocycles. The van der Waals surface area contributed by atoms with E-state index in [1.54, 1.807) is 0 Å². The molecule has 36 heavy (non-hydrogen) atoms. The van der Waals surface area contributed by atoms with Crippen LogP contribution in [-0.4, -0.2) is 49.2 Å². The highest BCUT2D eigenvalue weighted by Crippen LogP contribution is 2.33. The monoisotopic (exact) mass is 481 g/mol. The summed E-state index contributed by atoms with van der Waals surface area (Å²) in [5, 5.41) is 12.8. The van der Waals surface area contributed by atoms with E-state index in [2.05, 4.69) is 91.6 Å². The van der Waals surface area contributed by atoms with Crippen molar-refractivity contribution in [2.45, 2.75) is 58.5 Å². The lowest BCUT2D eigenvalue weighted by Crippen LogP contribution is -2.40. The van der Waals surface area contributed by atoms with Crippen LogP contribution in [0.25, 0.3) is 5.70 Å². The average molecular weight is 482 g/mol. The first-order valence-electron chi connectivity index (χ1n) is 13.0. The van der Waals surface area contributed by atoms with Gasteiger partial charge in [0.05, 0.1) is 23.0 Å². The van der Waals surface area contributed by atoms with Crippen molar-refractivity contribution in [2.24, 2.45) is 4.99 Å². The Kier molecular flexibility index (Phi) is 7.96. The number of hydrogen-bond donors (Lipinski definition) is 1. The zero-order chi connectivity index (χ0) is 25.8. The van der Waals surface area contributed by atoms with Gasteiger partial charge < -0.3 is 10.2 Å². The van der Waals surface area contributed by atoms with Crippen LogP contribution < -0.4 is 5.32 Å². The van der Waals surface area contributed by atoms with Gasteiger partial charge in [0.15, 0.2) is 0 Å². The van der Waals surface area contributed by atoms with E-state index in [1.807, 2.05) is 12.1 Å². The molecule has 0 spiro atoms. The van der Waals surface area contributed by atoms with Crippen LogP contribution in [0.3, 0.4) is 0 Å². The SMILES string of the molecule is C=NC1=C(NCc2cc(C(=C)N3CCC(c4ccc(C#N)cc4)CC3)c(C)cc2C)C(C)N(C)CC1.